The monoisotopic (exact) mass is 404 g/mol. The van der Waals surface area contributed by atoms with E-state index >= 15 is 0 Å². The van der Waals surface area contributed by atoms with Crippen molar-refractivity contribution in [3.8, 4) is 0 Å². The minimum absolute atomic E-state index is 0.174. The fraction of sp³-hybridized carbons (Fsp3) is 0.500. The van der Waals surface area contributed by atoms with Crippen molar-refractivity contribution in [2.24, 2.45) is 7.05 Å². The second-order valence-corrected chi connectivity index (χ2v) is 9.55. The van der Waals surface area contributed by atoms with Gasteiger partial charge in [0.25, 0.3) is 0 Å². The van der Waals surface area contributed by atoms with Crippen molar-refractivity contribution in [3.05, 3.63) is 46.8 Å². The van der Waals surface area contributed by atoms with E-state index < -0.39 is 16.1 Å². The van der Waals surface area contributed by atoms with Crippen molar-refractivity contribution in [2.45, 2.75) is 51.1 Å². The lowest BCUT2D eigenvalue weighted by molar-refractivity contribution is -0.133. The molecule has 0 spiro atoms. The number of nitrogens with zero attached hydrogens (tertiary/aromatic N) is 4. The molecule has 1 fully saturated rings. The van der Waals surface area contributed by atoms with Crippen molar-refractivity contribution in [2.75, 3.05) is 13.6 Å². The van der Waals surface area contributed by atoms with Crippen LogP contribution in [-0.2, 0) is 28.4 Å². The molecule has 0 aliphatic carbocycles. The Morgan fingerprint density at radius 2 is 1.89 bits per heavy atom. The zero-order valence-corrected chi connectivity index (χ0v) is 18.0. The van der Waals surface area contributed by atoms with Crippen LogP contribution in [0.1, 0.15) is 35.1 Å². The number of aryl methyl sites for hydroxylation is 4. The Morgan fingerprint density at radius 1 is 1.25 bits per heavy atom. The highest BCUT2D eigenvalue weighted by Crippen LogP contribution is 2.31. The van der Waals surface area contributed by atoms with Gasteiger partial charge in [-0.15, -0.1) is 0 Å². The normalized spacial score (nSPS) is 17.8. The molecule has 2 heterocycles. The van der Waals surface area contributed by atoms with E-state index in [2.05, 4.69) is 5.10 Å². The SMILES string of the molecule is Cc1cc(C)c(S(=O)(=O)N2CCCC2C(=O)N(C)Cc2cnn(C)c2)c(C)c1. The van der Waals surface area contributed by atoms with Gasteiger partial charge in [0, 0.05) is 38.9 Å². The summed E-state index contributed by atoms with van der Waals surface area (Å²) >= 11 is 0. The smallest absolute Gasteiger partial charge is 0.244 e. The Bertz CT molecular complexity index is 974. The summed E-state index contributed by atoms with van der Waals surface area (Å²) in [6.45, 7) is 6.35. The van der Waals surface area contributed by atoms with Crippen molar-refractivity contribution < 1.29 is 13.2 Å². The Hall–Kier alpha value is -2.19. The summed E-state index contributed by atoms with van der Waals surface area (Å²) in [5, 5.41) is 4.12. The van der Waals surface area contributed by atoms with Gasteiger partial charge < -0.3 is 4.90 Å². The number of rotatable bonds is 5. The first-order chi connectivity index (χ1) is 13.1. The van der Waals surface area contributed by atoms with Gasteiger partial charge in [0.1, 0.15) is 6.04 Å². The molecule has 1 amide bonds. The lowest BCUT2D eigenvalue weighted by atomic mass is 10.1. The number of benzene rings is 1. The number of likely N-dealkylation sites (N-methyl/N-ethyl adjacent to an activating group) is 1. The van der Waals surface area contributed by atoms with Crippen LogP contribution in [0.25, 0.3) is 0 Å². The van der Waals surface area contributed by atoms with E-state index in [4.69, 9.17) is 0 Å². The van der Waals surface area contributed by atoms with Crippen molar-refractivity contribution >= 4 is 15.9 Å². The fourth-order valence-corrected chi connectivity index (χ4v) is 6.19. The molecule has 0 bridgehead atoms. The quantitative estimate of drug-likeness (QED) is 0.765. The summed E-state index contributed by atoms with van der Waals surface area (Å²) in [7, 11) is -0.212. The van der Waals surface area contributed by atoms with E-state index in [0.29, 0.717) is 30.8 Å². The van der Waals surface area contributed by atoms with Gasteiger partial charge >= 0.3 is 0 Å². The lowest BCUT2D eigenvalue weighted by Crippen LogP contribution is -2.46. The first-order valence-electron chi connectivity index (χ1n) is 9.43. The molecule has 7 nitrogen and oxygen atoms in total. The molecular weight excluding hydrogens is 376 g/mol. The van der Waals surface area contributed by atoms with E-state index in [0.717, 1.165) is 22.3 Å². The lowest BCUT2D eigenvalue weighted by Gasteiger charge is -2.28. The molecule has 3 rings (SSSR count). The highest BCUT2D eigenvalue weighted by molar-refractivity contribution is 7.89. The standard InChI is InChI=1S/C20H28N4O3S/c1-14-9-15(2)19(16(3)10-14)28(26,27)24-8-6-7-18(24)20(25)22(4)12-17-11-21-23(5)13-17/h9-11,13,18H,6-8,12H2,1-5H3. The maximum absolute atomic E-state index is 13.4. The van der Waals surface area contributed by atoms with Gasteiger partial charge in [-0.1, -0.05) is 17.7 Å². The first kappa shape index (κ1) is 20.5. The van der Waals surface area contributed by atoms with Crippen molar-refractivity contribution in [1.29, 1.82) is 0 Å². The molecule has 0 saturated carbocycles. The number of hydrogen-bond donors (Lipinski definition) is 0. The third-order valence-corrected chi connectivity index (χ3v) is 7.43. The molecule has 1 aliphatic rings. The molecule has 1 aromatic heterocycles. The van der Waals surface area contributed by atoms with Crippen LogP contribution in [0.15, 0.2) is 29.4 Å². The van der Waals surface area contributed by atoms with Gasteiger partial charge in [-0.25, -0.2) is 8.42 Å². The third-order valence-electron chi connectivity index (χ3n) is 5.21. The molecule has 2 aromatic rings. The van der Waals surface area contributed by atoms with Crippen molar-refractivity contribution in [3.63, 3.8) is 0 Å². The van der Waals surface area contributed by atoms with Crippen LogP contribution in [0.2, 0.25) is 0 Å². The predicted octanol–water partition coefficient (Wildman–Crippen LogP) is 2.16. The number of carbonyl (C=O) groups excluding carboxylic acids is 1. The molecule has 1 saturated heterocycles. The van der Waals surface area contributed by atoms with E-state index in [1.807, 2.05) is 46.1 Å². The number of hydrogen-bond acceptors (Lipinski definition) is 4. The van der Waals surface area contributed by atoms with Crippen LogP contribution in [-0.4, -0.2) is 52.9 Å². The Labute approximate surface area is 167 Å². The summed E-state index contributed by atoms with van der Waals surface area (Å²) in [4.78, 5) is 15.0. The van der Waals surface area contributed by atoms with E-state index in [9.17, 15) is 13.2 Å². The molecule has 28 heavy (non-hydrogen) atoms. The van der Waals surface area contributed by atoms with Crippen LogP contribution in [0.5, 0.6) is 0 Å². The molecule has 152 valence electrons. The van der Waals surface area contributed by atoms with Gasteiger partial charge in [0.15, 0.2) is 0 Å². The van der Waals surface area contributed by atoms with Crippen LogP contribution in [0.4, 0.5) is 0 Å². The average molecular weight is 405 g/mol. The number of sulfonamides is 1. The second kappa shape index (κ2) is 7.67. The maximum Gasteiger partial charge on any atom is 0.244 e. The number of carbonyl (C=O) groups is 1. The van der Waals surface area contributed by atoms with E-state index in [1.165, 1.54) is 4.31 Å². The molecule has 8 heteroatoms. The summed E-state index contributed by atoms with van der Waals surface area (Å²) in [5.41, 5.74) is 3.38. The fourth-order valence-electron chi connectivity index (χ4n) is 4.13. The zero-order chi connectivity index (χ0) is 20.6. The van der Waals surface area contributed by atoms with Gasteiger partial charge in [0.2, 0.25) is 15.9 Å². The molecule has 1 atom stereocenters. The molecule has 0 N–H and O–H groups in total. The van der Waals surface area contributed by atoms with E-state index in [-0.39, 0.29) is 5.91 Å². The molecule has 1 aliphatic heterocycles. The highest BCUT2D eigenvalue weighted by Gasteiger charge is 2.41. The van der Waals surface area contributed by atoms with E-state index in [1.54, 1.807) is 22.8 Å². The molecule has 1 unspecified atom stereocenters. The van der Waals surface area contributed by atoms with Crippen LogP contribution < -0.4 is 0 Å². The zero-order valence-electron chi connectivity index (χ0n) is 17.1. The van der Waals surface area contributed by atoms with Crippen LogP contribution in [0, 0.1) is 20.8 Å². The molecular formula is C20H28N4O3S. The topological polar surface area (TPSA) is 75.5 Å². The maximum atomic E-state index is 13.4. The number of aromatic nitrogens is 2. The largest absolute Gasteiger partial charge is 0.340 e. The highest BCUT2D eigenvalue weighted by atomic mass is 32.2. The van der Waals surface area contributed by atoms with Gasteiger partial charge in [-0.05, 0) is 44.7 Å². The van der Waals surface area contributed by atoms with Crippen LogP contribution in [0.3, 0.4) is 0 Å². The average Bonchev–Trinajstić information content (AvgIpc) is 3.22. The van der Waals surface area contributed by atoms with Gasteiger partial charge in [0.05, 0.1) is 11.1 Å². The number of amides is 1. The molecule has 0 radical (unpaired) electrons. The van der Waals surface area contributed by atoms with Gasteiger partial charge in [-0.2, -0.15) is 9.40 Å². The van der Waals surface area contributed by atoms with Gasteiger partial charge in [-0.3, -0.25) is 9.48 Å². The Morgan fingerprint density at radius 3 is 2.46 bits per heavy atom. The summed E-state index contributed by atoms with van der Waals surface area (Å²) < 4.78 is 29.9. The van der Waals surface area contributed by atoms with Crippen molar-refractivity contribution in [1.82, 2.24) is 19.0 Å². The summed E-state index contributed by atoms with van der Waals surface area (Å²) in [6, 6.07) is 3.09. The summed E-state index contributed by atoms with van der Waals surface area (Å²) in [6.07, 6.45) is 4.79. The molecule has 1 aromatic carbocycles. The summed E-state index contributed by atoms with van der Waals surface area (Å²) in [5.74, 6) is -0.174. The minimum Gasteiger partial charge on any atom is -0.340 e. The third kappa shape index (κ3) is 3.84. The minimum atomic E-state index is -3.74. The van der Waals surface area contributed by atoms with Crippen LogP contribution >= 0.6 is 0 Å². The Balaban J connectivity index is 1.86. The second-order valence-electron chi connectivity index (χ2n) is 7.72. The first-order valence-corrected chi connectivity index (χ1v) is 10.9. The Kier molecular flexibility index (Phi) is 5.63. The predicted molar refractivity (Wildman–Crippen MR) is 107 cm³/mol.